The molecule has 2 aliphatic heterocycles. The predicted molar refractivity (Wildman–Crippen MR) is 49.1 cm³/mol. The molecule has 0 amide bonds. The topological polar surface area (TPSA) is 46.6 Å². The van der Waals surface area contributed by atoms with Crippen LogP contribution in [0.2, 0.25) is 0 Å². The lowest BCUT2D eigenvalue weighted by molar-refractivity contribution is 0.0296. The van der Waals surface area contributed by atoms with Crippen LogP contribution in [0.3, 0.4) is 0 Å². The van der Waals surface area contributed by atoms with Gasteiger partial charge in [0.05, 0.1) is 19.0 Å². The van der Waals surface area contributed by atoms with E-state index in [9.17, 15) is 8.42 Å². The molecule has 0 spiro atoms. The first-order valence-electron chi connectivity index (χ1n) is 4.40. The lowest BCUT2D eigenvalue weighted by atomic mass is 10.2. The van der Waals surface area contributed by atoms with E-state index in [0.29, 0.717) is 13.2 Å². The first-order valence-corrected chi connectivity index (χ1v) is 6.12. The number of sulfone groups is 1. The first-order chi connectivity index (χ1) is 6.17. The molecule has 4 nitrogen and oxygen atoms in total. The molecular formula is C8H13NO3S. The standard InChI is InChI=1S/C8H13NO3S/c10-13(11)6-1-8(7-13)9-2-4-12-5-3-9/h1,6,8H,2-5,7H2/t8-/m1/s1. The lowest BCUT2D eigenvalue weighted by Crippen LogP contribution is -2.43. The molecule has 74 valence electrons. The van der Waals surface area contributed by atoms with Crippen LogP contribution in [0, 0.1) is 0 Å². The highest BCUT2D eigenvalue weighted by Gasteiger charge is 2.27. The van der Waals surface area contributed by atoms with Gasteiger partial charge in [0.25, 0.3) is 0 Å². The summed E-state index contributed by atoms with van der Waals surface area (Å²) in [5.41, 5.74) is 0. The predicted octanol–water partition coefficient (Wildman–Crippen LogP) is -0.371. The van der Waals surface area contributed by atoms with E-state index in [4.69, 9.17) is 4.74 Å². The second-order valence-electron chi connectivity index (χ2n) is 3.37. The molecule has 5 heteroatoms. The molecule has 0 aromatic heterocycles. The SMILES string of the molecule is O=S1(=O)C=C[C@@H](N2CCOCC2)C1. The minimum Gasteiger partial charge on any atom is -0.379 e. The van der Waals surface area contributed by atoms with Crippen molar-refractivity contribution in [2.24, 2.45) is 0 Å². The van der Waals surface area contributed by atoms with Gasteiger partial charge < -0.3 is 4.74 Å². The second kappa shape index (κ2) is 3.40. The number of morpholine rings is 1. The molecule has 13 heavy (non-hydrogen) atoms. The molecule has 2 rings (SSSR count). The molecule has 0 aromatic rings. The van der Waals surface area contributed by atoms with Crippen molar-refractivity contribution >= 4 is 9.84 Å². The Balaban J connectivity index is 1.99. The van der Waals surface area contributed by atoms with Crippen molar-refractivity contribution in [3.8, 4) is 0 Å². The Morgan fingerprint density at radius 1 is 1.31 bits per heavy atom. The molecule has 2 aliphatic rings. The van der Waals surface area contributed by atoms with Crippen molar-refractivity contribution in [1.82, 2.24) is 4.90 Å². The highest BCUT2D eigenvalue weighted by molar-refractivity contribution is 7.94. The molecule has 1 saturated heterocycles. The fourth-order valence-corrected chi connectivity index (χ4v) is 3.03. The molecule has 1 fully saturated rings. The largest absolute Gasteiger partial charge is 0.379 e. The van der Waals surface area contributed by atoms with Crippen LogP contribution in [0.25, 0.3) is 0 Å². The van der Waals surface area contributed by atoms with Gasteiger partial charge in [-0.25, -0.2) is 8.42 Å². The van der Waals surface area contributed by atoms with E-state index in [1.54, 1.807) is 6.08 Å². The Morgan fingerprint density at radius 2 is 2.00 bits per heavy atom. The van der Waals surface area contributed by atoms with Gasteiger partial charge in [-0.3, -0.25) is 4.90 Å². The number of hydrogen-bond donors (Lipinski definition) is 0. The van der Waals surface area contributed by atoms with Gasteiger partial charge in [-0.2, -0.15) is 0 Å². The number of rotatable bonds is 1. The van der Waals surface area contributed by atoms with E-state index < -0.39 is 9.84 Å². The monoisotopic (exact) mass is 203 g/mol. The fraction of sp³-hybridized carbons (Fsp3) is 0.750. The zero-order chi connectivity index (χ0) is 9.31. The summed E-state index contributed by atoms with van der Waals surface area (Å²) < 4.78 is 27.5. The molecular weight excluding hydrogens is 190 g/mol. The smallest absolute Gasteiger partial charge is 0.173 e. The summed E-state index contributed by atoms with van der Waals surface area (Å²) in [4.78, 5) is 2.16. The third-order valence-electron chi connectivity index (χ3n) is 2.43. The van der Waals surface area contributed by atoms with E-state index in [2.05, 4.69) is 4.90 Å². The van der Waals surface area contributed by atoms with Crippen LogP contribution in [0.5, 0.6) is 0 Å². The van der Waals surface area contributed by atoms with E-state index in [1.165, 1.54) is 5.41 Å². The fourth-order valence-electron chi connectivity index (χ4n) is 1.70. The first kappa shape index (κ1) is 9.18. The average Bonchev–Trinajstić information content (AvgIpc) is 2.48. The van der Waals surface area contributed by atoms with Crippen LogP contribution in [0.1, 0.15) is 0 Å². The van der Waals surface area contributed by atoms with Crippen LogP contribution >= 0.6 is 0 Å². The van der Waals surface area contributed by atoms with E-state index >= 15 is 0 Å². The van der Waals surface area contributed by atoms with E-state index in [0.717, 1.165) is 13.1 Å². The van der Waals surface area contributed by atoms with Crippen LogP contribution in [0.15, 0.2) is 11.5 Å². The molecule has 0 aliphatic carbocycles. The maximum absolute atomic E-state index is 11.1. The summed E-state index contributed by atoms with van der Waals surface area (Å²) in [6.45, 7) is 3.10. The molecule has 0 saturated carbocycles. The number of ether oxygens (including phenoxy) is 1. The van der Waals surface area contributed by atoms with Gasteiger partial charge in [0.2, 0.25) is 0 Å². The normalized spacial score (nSPS) is 33.7. The van der Waals surface area contributed by atoms with Crippen molar-refractivity contribution in [2.75, 3.05) is 32.1 Å². The summed E-state index contributed by atoms with van der Waals surface area (Å²) >= 11 is 0. The van der Waals surface area contributed by atoms with Gasteiger partial charge in [-0.15, -0.1) is 0 Å². The van der Waals surface area contributed by atoms with Crippen LogP contribution in [0.4, 0.5) is 0 Å². The highest BCUT2D eigenvalue weighted by Crippen LogP contribution is 2.15. The second-order valence-corrected chi connectivity index (χ2v) is 5.30. The van der Waals surface area contributed by atoms with E-state index in [-0.39, 0.29) is 11.8 Å². The third kappa shape index (κ3) is 2.10. The summed E-state index contributed by atoms with van der Waals surface area (Å²) in [5, 5.41) is 1.33. The zero-order valence-corrected chi connectivity index (χ0v) is 8.16. The molecule has 1 atom stereocenters. The quantitative estimate of drug-likeness (QED) is 0.583. The summed E-state index contributed by atoms with van der Waals surface area (Å²) in [7, 11) is -2.91. The number of hydrogen-bond acceptors (Lipinski definition) is 4. The van der Waals surface area contributed by atoms with Gasteiger partial charge in [-0.05, 0) is 0 Å². The van der Waals surface area contributed by atoms with Crippen molar-refractivity contribution in [3.05, 3.63) is 11.5 Å². The van der Waals surface area contributed by atoms with Crippen LogP contribution in [-0.2, 0) is 14.6 Å². The van der Waals surface area contributed by atoms with Crippen molar-refractivity contribution < 1.29 is 13.2 Å². The van der Waals surface area contributed by atoms with Crippen LogP contribution in [-0.4, -0.2) is 51.4 Å². The van der Waals surface area contributed by atoms with Crippen molar-refractivity contribution in [3.63, 3.8) is 0 Å². The minimum absolute atomic E-state index is 0.0777. The third-order valence-corrected chi connectivity index (χ3v) is 3.80. The molecule has 0 N–H and O–H groups in total. The molecule has 0 bridgehead atoms. The van der Waals surface area contributed by atoms with Gasteiger partial charge >= 0.3 is 0 Å². The molecule has 2 heterocycles. The van der Waals surface area contributed by atoms with E-state index in [1.807, 2.05) is 0 Å². The molecule has 0 radical (unpaired) electrons. The summed E-state index contributed by atoms with van der Waals surface area (Å²) in [6, 6.07) is 0.0777. The van der Waals surface area contributed by atoms with Crippen LogP contribution < -0.4 is 0 Å². The van der Waals surface area contributed by atoms with Gasteiger partial charge in [0.15, 0.2) is 9.84 Å². The molecule has 0 unspecified atom stereocenters. The van der Waals surface area contributed by atoms with Gasteiger partial charge in [0, 0.05) is 24.5 Å². The Kier molecular flexibility index (Phi) is 2.40. The Morgan fingerprint density at radius 3 is 2.54 bits per heavy atom. The zero-order valence-electron chi connectivity index (χ0n) is 7.35. The maximum Gasteiger partial charge on any atom is 0.173 e. The minimum atomic E-state index is -2.91. The Hall–Kier alpha value is -0.390. The Bertz CT molecular complexity index is 303. The maximum atomic E-state index is 11.1. The van der Waals surface area contributed by atoms with Crippen molar-refractivity contribution in [2.45, 2.75) is 6.04 Å². The lowest BCUT2D eigenvalue weighted by Gasteiger charge is -2.30. The highest BCUT2D eigenvalue weighted by atomic mass is 32.2. The summed E-state index contributed by atoms with van der Waals surface area (Å²) in [6.07, 6.45) is 1.78. The summed E-state index contributed by atoms with van der Waals surface area (Å²) in [5.74, 6) is 0.243. The Labute approximate surface area is 78.1 Å². The van der Waals surface area contributed by atoms with Crippen molar-refractivity contribution in [1.29, 1.82) is 0 Å². The average molecular weight is 203 g/mol. The van der Waals surface area contributed by atoms with Gasteiger partial charge in [0.1, 0.15) is 0 Å². The van der Waals surface area contributed by atoms with Gasteiger partial charge in [-0.1, -0.05) is 6.08 Å². The number of nitrogens with zero attached hydrogens (tertiary/aromatic N) is 1. The molecule has 0 aromatic carbocycles.